The summed E-state index contributed by atoms with van der Waals surface area (Å²) in [5.41, 5.74) is 1.72. The van der Waals surface area contributed by atoms with Gasteiger partial charge in [-0.25, -0.2) is 17.8 Å². The molecule has 2 aromatic carbocycles. The van der Waals surface area contributed by atoms with Gasteiger partial charge >= 0.3 is 0 Å². The zero-order chi connectivity index (χ0) is 22.2. The second-order valence-corrected chi connectivity index (χ2v) is 10.9. The number of rotatable bonds is 5. The van der Waals surface area contributed by atoms with Gasteiger partial charge in [-0.1, -0.05) is 46.9 Å². The van der Waals surface area contributed by atoms with Crippen LogP contribution in [-0.4, -0.2) is 43.9 Å². The highest BCUT2D eigenvalue weighted by molar-refractivity contribution is 7.89. The number of sulfonamides is 1. The smallest absolute Gasteiger partial charge is 0.244 e. The standard InChI is InChI=1S/C20H17Cl3FN3O2S2/c21-15-2-1-3-18(19(15)23)31(28,29)27-8-6-26(7-9-27)20-25-14(12-30-20)10-13-4-5-17(24)16(22)11-13/h1-5,11-12H,6-10H2. The van der Waals surface area contributed by atoms with Crippen LogP contribution < -0.4 is 4.90 Å². The van der Waals surface area contributed by atoms with Gasteiger partial charge in [0, 0.05) is 38.0 Å². The maximum atomic E-state index is 13.3. The van der Waals surface area contributed by atoms with Gasteiger partial charge in [-0.2, -0.15) is 4.31 Å². The molecule has 0 radical (unpaired) electrons. The van der Waals surface area contributed by atoms with Crippen LogP contribution in [0.4, 0.5) is 9.52 Å². The summed E-state index contributed by atoms with van der Waals surface area (Å²) < 4.78 is 40.7. The van der Waals surface area contributed by atoms with E-state index >= 15 is 0 Å². The van der Waals surface area contributed by atoms with Crippen molar-refractivity contribution in [3.05, 3.63) is 73.9 Å². The molecular formula is C20H17Cl3FN3O2S2. The van der Waals surface area contributed by atoms with Gasteiger partial charge in [0.1, 0.15) is 10.7 Å². The van der Waals surface area contributed by atoms with Crippen molar-refractivity contribution in [1.29, 1.82) is 0 Å². The predicted molar refractivity (Wildman–Crippen MR) is 124 cm³/mol. The fourth-order valence-corrected chi connectivity index (χ4v) is 6.56. The van der Waals surface area contributed by atoms with Crippen molar-refractivity contribution in [3.63, 3.8) is 0 Å². The molecule has 0 unspecified atom stereocenters. The summed E-state index contributed by atoms with van der Waals surface area (Å²) in [6.45, 7) is 1.64. The first-order valence-electron chi connectivity index (χ1n) is 9.33. The topological polar surface area (TPSA) is 53.5 Å². The number of piperazine rings is 1. The lowest BCUT2D eigenvalue weighted by atomic mass is 10.1. The van der Waals surface area contributed by atoms with Crippen molar-refractivity contribution < 1.29 is 12.8 Å². The number of hydrogen-bond donors (Lipinski definition) is 0. The van der Waals surface area contributed by atoms with Crippen molar-refractivity contribution in [2.75, 3.05) is 31.1 Å². The summed E-state index contributed by atoms with van der Waals surface area (Å²) in [5, 5.41) is 3.10. The third-order valence-corrected chi connectivity index (χ3v) is 9.06. The van der Waals surface area contributed by atoms with E-state index in [0.717, 1.165) is 16.4 Å². The molecule has 1 aliphatic heterocycles. The van der Waals surface area contributed by atoms with Crippen LogP contribution in [0.3, 0.4) is 0 Å². The Labute approximate surface area is 199 Å². The summed E-state index contributed by atoms with van der Waals surface area (Å²) in [6.07, 6.45) is 0.540. The number of thiazole rings is 1. The molecule has 1 aromatic heterocycles. The molecule has 1 saturated heterocycles. The first-order valence-corrected chi connectivity index (χ1v) is 12.8. The van der Waals surface area contributed by atoms with Gasteiger partial charge in [-0.05, 0) is 29.8 Å². The van der Waals surface area contributed by atoms with Gasteiger partial charge in [0.2, 0.25) is 10.0 Å². The number of hydrogen-bond acceptors (Lipinski definition) is 5. The number of nitrogens with zero attached hydrogens (tertiary/aromatic N) is 3. The predicted octanol–water partition coefficient (Wildman–Crippen LogP) is 5.34. The Kier molecular flexibility index (Phi) is 6.76. The van der Waals surface area contributed by atoms with E-state index in [2.05, 4.69) is 9.88 Å². The van der Waals surface area contributed by atoms with E-state index in [-0.39, 0.29) is 20.0 Å². The van der Waals surface area contributed by atoms with Gasteiger partial charge in [0.25, 0.3) is 0 Å². The quantitative estimate of drug-likeness (QED) is 0.455. The van der Waals surface area contributed by atoms with Crippen LogP contribution in [-0.2, 0) is 16.4 Å². The highest BCUT2D eigenvalue weighted by Crippen LogP contribution is 2.32. The molecule has 0 saturated carbocycles. The summed E-state index contributed by atoms with van der Waals surface area (Å²) in [4.78, 5) is 6.72. The Morgan fingerprint density at radius 3 is 2.48 bits per heavy atom. The Morgan fingerprint density at radius 2 is 1.77 bits per heavy atom. The lowest BCUT2D eigenvalue weighted by Crippen LogP contribution is -2.48. The van der Waals surface area contributed by atoms with Crippen LogP contribution in [0.1, 0.15) is 11.3 Å². The van der Waals surface area contributed by atoms with Crippen molar-refractivity contribution in [1.82, 2.24) is 9.29 Å². The average molecular weight is 521 g/mol. The van der Waals surface area contributed by atoms with Crippen LogP contribution in [0.25, 0.3) is 0 Å². The molecule has 0 N–H and O–H groups in total. The SMILES string of the molecule is O=S(=O)(c1cccc(Cl)c1Cl)N1CCN(c2nc(Cc3ccc(F)c(Cl)c3)cs2)CC1. The first kappa shape index (κ1) is 22.8. The van der Waals surface area contributed by atoms with E-state index in [1.165, 1.54) is 27.8 Å². The van der Waals surface area contributed by atoms with Crippen molar-refractivity contribution >= 4 is 61.3 Å². The molecule has 3 aromatic rings. The van der Waals surface area contributed by atoms with E-state index in [1.807, 2.05) is 5.38 Å². The number of halogens is 4. The zero-order valence-corrected chi connectivity index (χ0v) is 20.0. The third-order valence-electron chi connectivity index (χ3n) is 4.95. The lowest BCUT2D eigenvalue weighted by molar-refractivity contribution is 0.384. The first-order chi connectivity index (χ1) is 14.8. The average Bonchev–Trinajstić information content (AvgIpc) is 3.21. The van der Waals surface area contributed by atoms with Crippen molar-refractivity contribution in [2.45, 2.75) is 11.3 Å². The largest absolute Gasteiger partial charge is 0.345 e. The number of anilines is 1. The molecule has 11 heteroatoms. The minimum absolute atomic E-state index is 0.0182. The maximum Gasteiger partial charge on any atom is 0.244 e. The summed E-state index contributed by atoms with van der Waals surface area (Å²) >= 11 is 19.4. The van der Waals surface area contributed by atoms with Gasteiger partial charge in [0.05, 0.1) is 20.8 Å². The summed E-state index contributed by atoms with van der Waals surface area (Å²) in [6, 6.07) is 9.22. The van der Waals surface area contributed by atoms with E-state index in [0.29, 0.717) is 32.6 Å². The Hall–Kier alpha value is -1.42. The minimum atomic E-state index is -3.73. The molecule has 4 rings (SSSR count). The van der Waals surface area contributed by atoms with E-state index in [4.69, 9.17) is 34.8 Å². The summed E-state index contributed by atoms with van der Waals surface area (Å²) in [5.74, 6) is -0.448. The molecule has 5 nitrogen and oxygen atoms in total. The molecule has 164 valence electrons. The van der Waals surface area contributed by atoms with Gasteiger partial charge in [-0.3, -0.25) is 0 Å². The molecule has 0 amide bonds. The molecule has 1 aliphatic rings. The van der Waals surface area contributed by atoms with Gasteiger partial charge in [0.15, 0.2) is 5.13 Å². The molecule has 0 bridgehead atoms. The van der Waals surface area contributed by atoms with Crippen LogP contribution >= 0.6 is 46.1 Å². The number of benzene rings is 2. The van der Waals surface area contributed by atoms with Crippen molar-refractivity contribution in [2.24, 2.45) is 0 Å². The van der Waals surface area contributed by atoms with Crippen molar-refractivity contribution in [3.8, 4) is 0 Å². The highest BCUT2D eigenvalue weighted by atomic mass is 35.5. The molecule has 2 heterocycles. The van der Waals surface area contributed by atoms with Crippen LogP contribution in [0, 0.1) is 5.82 Å². The Balaban J connectivity index is 1.42. The van der Waals surface area contributed by atoms with Gasteiger partial charge in [-0.15, -0.1) is 11.3 Å². The second kappa shape index (κ2) is 9.21. The molecule has 0 atom stereocenters. The molecule has 0 aliphatic carbocycles. The minimum Gasteiger partial charge on any atom is -0.345 e. The zero-order valence-electron chi connectivity index (χ0n) is 16.1. The third kappa shape index (κ3) is 4.84. The van der Waals surface area contributed by atoms with Gasteiger partial charge < -0.3 is 4.90 Å². The van der Waals surface area contributed by atoms with E-state index in [9.17, 15) is 12.8 Å². The monoisotopic (exact) mass is 519 g/mol. The van der Waals surface area contributed by atoms with Crippen LogP contribution in [0.15, 0.2) is 46.7 Å². The Morgan fingerprint density at radius 1 is 1.03 bits per heavy atom. The summed E-state index contributed by atoms with van der Waals surface area (Å²) in [7, 11) is -3.73. The lowest BCUT2D eigenvalue weighted by Gasteiger charge is -2.34. The highest BCUT2D eigenvalue weighted by Gasteiger charge is 2.31. The molecule has 1 fully saturated rings. The maximum absolute atomic E-state index is 13.3. The number of aromatic nitrogens is 1. The fraction of sp³-hybridized carbons (Fsp3) is 0.250. The van der Waals surface area contributed by atoms with Crippen LogP contribution in [0.5, 0.6) is 0 Å². The van der Waals surface area contributed by atoms with Crippen LogP contribution in [0.2, 0.25) is 15.1 Å². The molecule has 0 spiro atoms. The van der Waals surface area contributed by atoms with E-state index < -0.39 is 15.8 Å². The molecule has 31 heavy (non-hydrogen) atoms. The molecular weight excluding hydrogens is 504 g/mol. The fourth-order valence-electron chi connectivity index (χ4n) is 3.32. The Bertz CT molecular complexity index is 1210. The normalized spacial score (nSPS) is 15.4. The second-order valence-electron chi connectivity index (χ2n) is 6.99. The van der Waals surface area contributed by atoms with E-state index in [1.54, 1.807) is 24.3 Å².